The van der Waals surface area contributed by atoms with E-state index >= 15 is 0 Å². The van der Waals surface area contributed by atoms with E-state index in [9.17, 15) is 5.21 Å². The number of hydrogen-bond acceptors (Lipinski definition) is 2. The molecular formula is C11H15NO2. The minimum Gasteiger partial charge on any atom is -0.623 e. The standard InChI is InChI=1S/C11H15NO2/c1-11(2,3)12(14)8-9-4-6-10(13)7-5-9/h4-8,13H,1-3H3/b12-8+. The Morgan fingerprint density at radius 2 is 1.71 bits per heavy atom. The molecule has 76 valence electrons. The van der Waals surface area contributed by atoms with Gasteiger partial charge in [-0.2, -0.15) is 0 Å². The van der Waals surface area contributed by atoms with Crippen molar-refractivity contribution in [3.63, 3.8) is 0 Å². The van der Waals surface area contributed by atoms with Gasteiger partial charge in [0.25, 0.3) is 0 Å². The van der Waals surface area contributed by atoms with Gasteiger partial charge in [-0.1, -0.05) is 0 Å². The maximum absolute atomic E-state index is 11.5. The SMILES string of the molecule is CC(C)(C)/[N+]([O-])=C\c1ccc(O)cc1. The fraction of sp³-hybridized carbons (Fsp3) is 0.364. The molecule has 0 aromatic heterocycles. The van der Waals surface area contributed by atoms with Gasteiger partial charge in [0.2, 0.25) is 0 Å². The van der Waals surface area contributed by atoms with Crippen molar-refractivity contribution in [3.8, 4) is 5.75 Å². The molecule has 0 saturated heterocycles. The molecule has 0 bridgehead atoms. The first kappa shape index (κ1) is 10.6. The summed E-state index contributed by atoms with van der Waals surface area (Å²) in [7, 11) is 0. The van der Waals surface area contributed by atoms with Crippen molar-refractivity contribution >= 4 is 6.21 Å². The lowest BCUT2D eigenvalue weighted by molar-refractivity contribution is -0.530. The molecule has 0 heterocycles. The highest BCUT2D eigenvalue weighted by atomic mass is 16.5. The van der Waals surface area contributed by atoms with E-state index in [4.69, 9.17) is 5.11 Å². The molecule has 1 aromatic carbocycles. The second-order valence-corrected chi connectivity index (χ2v) is 4.22. The second kappa shape index (κ2) is 3.70. The highest BCUT2D eigenvalue weighted by Crippen LogP contribution is 2.10. The molecular weight excluding hydrogens is 178 g/mol. The van der Waals surface area contributed by atoms with Crippen LogP contribution in [0.1, 0.15) is 26.3 Å². The van der Waals surface area contributed by atoms with Crippen LogP contribution in [0, 0.1) is 5.21 Å². The number of aromatic hydroxyl groups is 1. The highest BCUT2D eigenvalue weighted by molar-refractivity contribution is 5.75. The van der Waals surface area contributed by atoms with Crippen molar-refractivity contribution in [3.05, 3.63) is 35.0 Å². The summed E-state index contributed by atoms with van der Waals surface area (Å²) in [5, 5.41) is 20.6. The second-order valence-electron chi connectivity index (χ2n) is 4.22. The largest absolute Gasteiger partial charge is 0.623 e. The minimum atomic E-state index is -0.433. The smallest absolute Gasteiger partial charge is 0.182 e. The number of phenolic OH excluding ortho intramolecular Hbond substituents is 1. The van der Waals surface area contributed by atoms with Crippen molar-refractivity contribution in [2.24, 2.45) is 0 Å². The molecule has 0 aliphatic rings. The first-order valence-corrected chi connectivity index (χ1v) is 4.50. The zero-order valence-corrected chi connectivity index (χ0v) is 8.69. The monoisotopic (exact) mass is 193 g/mol. The van der Waals surface area contributed by atoms with Crippen molar-refractivity contribution in [2.45, 2.75) is 26.3 Å². The summed E-state index contributed by atoms with van der Waals surface area (Å²) in [6, 6.07) is 6.52. The van der Waals surface area contributed by atoms with Gasteiger partial charge in [-0.05, 0) is 24.3 Å². The van der Waals surface area contributed by atoms with Crippen molar-refractivity contribution in [1.82, 2.24) is 0 Å². The van der Waals surface area contributed by atoms with Crippen LogP contribution in [0.2, 0.25) is 0 Å². The summed E-state index contributed by atoms with van der Waals surface area (Å²) < 4.78 is 0.902. The Labute approximate surface area is 83.9 Å². The zero-order chi connectivity index (χ0) is 10.8. The molecule has 3 heteroatoms. The first-order valence-electron chi connectivity index (χ1n) is 4.50. The predicted molar refractivity (Wildman–Crippen MR) is 56.7 cm³/mol. The lowest BCUT2D eigenvalue weighted by Gasteiger charge is -2.18. The fourth-order valence-electron chi connectivity index (χ4n) is 0.889. The molecule has 0 unspecified atom stereocenters. The summed E-state index contributed by atoms with van der Waals surface area (Å²) in [5.74, 6) is 0.204. The van der Waals surface area contributed by atoms with Crippen LogP contribution in [0.5, 0.6) is 5.75 Å². The summed E-state index contributed by atoms with van der Waals surface area (Å²) in [5.41, 5.74) is 0.352. The van der Waals surface area contributed by atoms with Crippen LogP contribution in [-0.4, -0.2) is 21.6 Å². The normalized spacial score (nSPS) is 12.9. The molecule has 14 heavy (non-hydrogen) atoms. The number of nitrogens with zero attached hydrogens (tertiary/aromatic N) is 1. The highest BCUT2D eigenvalue weighted by Gasteiger charge is 2.17. The Bertz CT molecular complexity index is 333. The van der Waals surface area contributed by atoms with Crippen molar-refractivity contribution in [2.75, 3.05) is 0 Å². The quantitative estimate of drug-likeness (QED) is 0.321. The number of rotatable bonds is 1. The van der Waals surface area contributed by atoms with Gasteiger partial charge < -0.3 is 10.3 Å². The number of hydroxylamine groups is 1. The minimum absolute atomic E-state index is 0.204. The molecule has 0 spiro atoms. The lowest BCUT2D eigenvalue weighted by atomic mass is 10.1. The number of phenols is 1. The Hall–Kier alpha value is -1.51. The molecule has 0 fully saturated rings. The van der Waals surface area contributed by atoms with Crippen LogP contribution in [-0.2, 0) is 0 Å². The fourth-order valence-corrected chi connectivity index (χ4v) is 0.889. The Morgan fingerprint density at radius 1 is 1.21 bits per heavy atom. The number of hydrogen-bond donors (Lipinski definition) is 1. The molecule has 0 saturated carbocycles. The molecule has 1 aromatic rings. The number of benzene rings is 1. The third-order valence-corrected chi connectivity index (χ3v) is 1.82. The van der Waals surface area contributed by atoms with Gasteiger partial charge >= 0.3 is 0 Å². The first-order chi connectivity index (χ1) is 6.39. The Morgan fingerprint density at radius 3 is 2.14 bits per heavy atom. The average Bonchev–Trinajstić information content (AvgIpc) is 2.07. The molecule has 0 aliphatic heterocycles. The van der Waals surface area contributed by atoms with Crippen LogP contribution in [0.25, 0.3) is 0 Å². The third-order valence-electron chi connectivity index (χ3n) is 1.82. The molecule has 3 nitrogen and oxygen atoms in total. The molecule has 0 amide bonds. The van der Waals surface area contributed by atoms with Crippen LogP contribution in [0.15, 0.2) is 24.3 Å². The van der Waals surface area contributed by atoms with Crippen LogP contribution < -0.4 is 0 Å². The molecule has 0 atom stereocenters. The summed E-state index contributed by atoms with van der Waals surface area (Å²) in [6.45, 7) is 5.53. The zero-order valence-electron chi connectivity index (χ0n) is 8.69. The van der Waals surface area contributed by atoms with E-state index < -0.39 is 5.54 Å². The Kier molecular flexibility index (Phi) is 2.79. The summed E-state index contributed by atoms with van der Waals surface area (Å²) in [4.78, 5) is 0. The van der Waals surface area contributed by atoms with Gasteiger partial charge in [0.15, 0.2) is 11.8 Å². The van der Waals surface area contributed by atoms with Gasteiger partial charge in [0, 0.05) is 26.3 Å². The maximum atomic E-state index is 11.5. The summed E-state index contributed by atoms with van der Waals surface area (Å²) >= 11 is 0. The van der Waals surface area contributed by atoms with E-state index in [1.807, 2.05) is 20.8 Å². The van der Waals surface area contributed by atoms with Gasteiger partial charge in [-0.25, -0.2) is 4.74 Å². The van der Waals surface area contributed by atoms with E-state index in [1.54, 1.807) is 24.3 Å². The van der Waals surface area contributed by atoms with E-state index in [2.05, 4.69) is 0 Å². The van der Waals surface area contributed by atoms with Crippen LogP contribution in [0.3, 0.4) is 0 Å². The Balaban J connectivity index is 2.93. The maximum Gasteiger partial charge on any atom is 0.182 e. The van der Waals surface area contributed by atoms with E-state index in [1.165, 1.54) is 6.21 Å². The summed E-state index contributed by atoms with van der Waals surface area (Å²) in [6.07, 6.45) is 1.51. The van der Waals surface area contributed by atoms with E-state index in [0.29, 0.717) is 0 Å². The van der Waals surface area contributed by atoms with Crippen LogP contribution >= 0.6 is 0 Å². The van der Waals surface area contributed by atoms with Gasteiger partial charge in [0.05, 0.1) is 0 Å². The third kappa shape index (κ3) is 2.76. The van der Waals surface area contributed by atoms with Gasteiger partial charge in [-0.3, -0.25) is 0 Å². The van der Waals surface area contributed by atoms with Crippen LogP contribution in [0.4, 0.5) is 0 Å². The average molecular weight is 193 g/mol. The van der Waals surface area contributed by atoms with E-state index in [0.717, 1.165) is 10.3 Å². The molecule has 1 N–H and O–H groups in total. The van der Waals surface area contributed by atoms with E-state index in [-0.39, 0.29) is 5.75 Å². The predicted octanol–water partition coefficient (Wildman–Crippen LogP) is 2.12. The van der Waals surface area contributed by atoms with Gasteiger partial charge in [0.1, 0.15) is 5.75 Å². The molecule has 0 aliphatic carbocycles. The molecule has 1 rings (SSSR count). The van der Waals surface area contributed by atoms with Crippen molar-refractivity contribution < 1.29 is 9.85 Å². The molecule has 0 radical (unpaired) electrons. The van der Waals surface area contributed by atoms with Crippen molar-refractivity contribution in [1.29, 1.82) is 0 Å². The topological polar surface area (TPSA) is 46.3 Å². The lowest BCUT2D eigenvalue weighted by Crippen LogP contribution is -2.29. The van der Waals surface area contributed by atoms with Gasteiger partial charge in [-0.15, -0.1) is 0 Å².